The molecule has 0 bridgehead atoms. The fourth-order valence-electron chi connectivity index (χ4n) is 5.44. The lowest BCUT2D eigenvalue weighted by atomic mass is 9.96. The summed E-state index contributed by atoms with van der Waals surface area (Å²) in [5, 5.41) is 16.2. The van der Waals surface area contributed by atoms with Gasteiger partial charge in [-0.05, 0) is 43.0 Å². The lowest BCUT2D eigenvalue weighted by Crippen LogP contribution is -2.58. The second kappa shape index (κ2) is 11.8. The summed E-state index contributed by atoms with van der Waals surface area (Å²) in [6.45, 7) is 6.64. The Morgan fingerprint density at radius 1 is 1.17 bits per heavy atom. The molecule has 2 saturated heterocycles. The molecule has 198 valence electrons. The summed E-state index contributed by atoms with van der Waals surface area (Å²) in [4.78, 5) is 11.6. The molecule has 2 fully saturated rings. The number of likely N-dealkylation sites (tertiary alicyclic amines) is 1. The molecule has 1 aromatic carbocycles. The first kappa shape index (κ1) is 27.4. The van der Waals surface area contributed by atoms with Gasteiger partial charge < -0.3 is 10.0 Å². The highest BCUT2D eigenvalue weighted by atomic mass is 35.5. The van der Waals surface area contributed by atoms with Crippen LogP contribution in [0.5, 0.6) is 0 Å². The lowest BCUT2D eigenvalue weighted by Gasteiger charge is -2.48. The zero-order valence-electron chi connectivity index (χ0n) is 20.4. The number of anilines is 2. The molecule has 0 spiro atoms. The number of aromatic nitrogens is 1. The number of benzene rings is 1. The van der Waals surface area contributed by atoms with Crippen molar-refractivity contribution in [3.8, 4) is 0 Å². The van der Waals surface area contributed by atoms with Gasteiger partial charge in [0.2, 0.25) is 0 Å². The molecule has 1 unspecified atom stereocenters. The van der Waals surface area contributed by atoms with E-state index in [1.807, 2.05) is 24.3 Å². The highest BCUT2D eigenvalue weighted by Crippen LogP contribution is 2.32. The van der Waals surface area contributed by atoms with Crippen LogP contribution in [0.4, 0.5) is 11.5 Å². The van der Waals surface area contributed by atoms with E-state index in [1.165, 1.54) is 12.3 Å². The van der Waals surface area contributed by atoms with Crippen LogP contribution < -0.4 is 14.8 Å². The van der Waals surface area contributed by atoms with Gasteiger partial charge in [-0.2, -0.15) is 8.42 Å². The molecule has 3 heterocycles. The van der Waals surface area contributed by atoms with E-state index in [0.717, 1.165) is 57.5 Å². The monoisotopic (exact) mass is 556 g/mol. The number of piperazine rings is 1. The highest BCUT2D eigenvalue weighted by molar-refractivity contribution is 7.90. The van der Waals surface area contributed by atoms with E-state index >= 15 is 0 Å². The van der Waals surface area contributed by atoms with Crippen molar-refractivity contribution in [2.45, 2.75) is 44.3 Å². The van der Waals surface area contributed by atoms with E-state index in [1.54, 1.807) is 0 Å². The maximum Gasteiger partial charge on any atom is 0.296 e. The molecule has 0 amide bonds. The SMILES string of the molecule is CC[C@H]1CN(c2ncc(NS(N)(=O)=O)cc2Cl)CCN1C1CCN(C(CO)c2ccc(Cl)cc2)CC1. The number of aliphatic hydroxyl groups is 1. The molecule has 1 aromatic heterocycles. The fourth-order valence-corrected chi connectivity index (χ4v) is 6.29. The molecule has 0 saturated carbocycles. The average molecular weight is 558 g/mol. The summed E-state index contributed by atoms with van der Waals surface area (Å²) in [6.07, 6.45) is 4.54. The molecule has 9 nitrogen and oxygen atoms in total. The maximum atomic E-state index is 11.3. The van der Waals surface area contributed by atoms with E-state index in [4.69, 9.17) is 28.3 Å². The molecular weight excluding hydrogens is 523 g/mol. The number of rotatable bonds is 8. The first-order valence-corrected chi connectivity index (χ1v) is 14.6. The van der Waals surface area contributed by atoms with Gasteiger partial charge in [0, 0.05) is 49.8 Å². The second-order valence-electron chi connectivity index (χ2n) is 9.44. The Morgan fingerprint density at radius 3 is 2.44 bits per heavy atom. The summed E-state index contributed by atoms with van der Waals surface area (Å²) in [5.74, 6) is 0.651. The number of piperidine rings is 1. The highest BCUT2D eigenvalue weighted by Gasteiger charge is 2.35. The average Bonchev–Trinajstić information content (AvgIpc) is 2.85. The topological polar surface area (TPSA) is 115 Å². The number of nitrogens with one attached hydrogen (secondary N) is 1. The predicted molar refractivity (Wildman–Crippen MR) is 145 cm³/mol. The largest absolute Gasteiger partial charge is 0.394 e. The first-order chi connectivity index (χ1) is 17.2. The van der Waals surface area contributed by atoms with E-state index in [0.29, 0.717) is 27.9 Å². The van der Waals surface area contributed by atoms with Gasteiger partial charge in [0.05, 0.1) is 29.6 Å². The number of hydrogen-bond acceptors (Lipinski definition) is 7. The van der Waals surface area contributed by atoms with Gasteiger partial charge in [0.15, 0.2) is 0 Å². The van der Waals surface area contributed by atoms with Crippen LogP contribution in [-0.2, 0) is 10.2 Å². The van der Waals surface area contributed by atoms with Gasteiger partial charge in [0.1, 0.15) is 5.82 Å². The Hall–Kier alpha value is -1.66. The van der Waals surface area contributed by atoms with Crippen LogP contribution in [0.1, 0.15) is 37.8 Å². The summed E-state index contributed by atoms with van der Waals surface area (Å²) in [7, 11) is -3.88. The zero-order valence-corrected chi connectivity index (χ0v) is 22.7. The van der Waals surface area contributed by atoms with Crippen molar-refractivity contribution < 1.29 is 13.5 Å². The van der Waals surface area contributed by atoms with Crippen LogP contribution >= 0.6 is 23.2 Å². The minimum Gasteiger partial charge on any atom is -0.394 e. The Kier molecular flexibility index (Phi) is 8.98. The van der Waals surface area contributed by atoms with Crippen LogP contribution in [0.15, 0.2) is 36.5 Å². The van der Waals surface area contributed by atoms with Crippen LogP contribution in [0, 0.1) is 0 Å². The van der Waals surface area contributed by atoms with Gasteiger partial charge in [-0.25, -0.2) is 10.1 Å². The van der Waals surface area contributed by atoms with Crippen LogP contribution in [0.25, 0.3) is 0 Å². The van der Waals surface area contributed by atoms with E-state index < -0.39 is 10.2 Å². The third-order valence-electron chi connectivity index (χ3n) is 7.22. The van der Waals surface area contributed by atoms with Crippen LogP contribution in [0.2, 0.25) is 10.0 Å². The minimum atomic E-state index is -3.88. The molecule has 12 heteroatoms. The summed E-state index contributed by atoms with van der Waals surface area (Å²) in [6, 6.07) is 10.1. The van der Waals surface area contributed by atoms with Crippen molar-refractivity contribution in [2.75, 3.05) is 49.0 Å². The van der Waals surface area contributed by atoms with Crippen molar-refractivity contribution in [2.24, 2.45) is 5.14 Å². The smallest absolute Gasteiger partial charge is 0.296 e. The summed E-state index contributed by atoms with van der Waals surface area (Å²) in [5.41, 5.74) is 1.33. The number of nitrogens with zero attached hydrogens (tertiary/aromatic N) is 4. The van der Waals surface area contributed by atoms with E-state index in [2.05, 4.69) is 31.3 Å². The normalized spacial score (nSPS) is 21.5. The third kappa shape index (κ3) is 6.61. The zero-order chi connectivity index (χ0) is 25.9. The summed E-state index contributed by atoms with van der Waals surface area (Å²) >= 11 is 12.5. The second-order valence-corrected chi connectivity index (χ2v) is 11.6. The minimum absolute atomic E-state index is 0.0121. The van der Waals surface area contributed by atoms with Crippen LogP contribution in [-0.4, -0.2) is 79.7 Å². The lowest BCUT2D eigenvalue weighted by molar-refractivity contribution is 0.0356. The number of aliphatic hydroxyl groups excluding tert-OH is 1. The number of nitrogens with two attached hydrogens (primary N) is 1. The molecule has 4 N–H and O–H groups in total. The van der Waals surface area contributed by atoms with Crippen molar-refractivity contribution >= 4 is 44.9 Å². The van der Waals surface area contributed by atoms with Gasteiger partial charge >= 0.3 is 0 Å². The standard InChI is InChI=1S/C24H34Cl2N6O3S/c1-2-20-15-31(24-22(26)13-19(14-28-24)29-36(27,34)35)11-12-32(20)21-7-9-30(10-8-21)23(16-33)17-3-5-18(25)6-4-17/h3-6,13-14,20-21,23,29,33H,2,7-12,15-16H2,1H3,(H2,27,34,35)/t20-,23?/m0/s1. The van der Waals surface area contributed by atoms with Crippen molar-refractivity contribution in [3.05, 3.63) is 52.1 Å². The molecule has 2 atom stereocenters. The molecule has 0 radical (unpaired) electrons. The quantitative estimate of drug-likeness (QED) is 0.457. The molecule has 2 aliphatic rings. The van der Waals surface area contributed by atoms with Gasteiger partial charge in [-0.3, -0.25) is 14.5 Å². The third-order valence-corrected chi connectivity index (χ3v) is 8.27. The van der Waals surface area contributed by atoms with Crippen molar-refractivity contribution in [3.63, 3.8) is 0 Å². The molecular formula is C24H34Cl2N6O3S. The van der Waals surface area contributed by atoms with Gasteiger partial charge in [-0.1, -0.05) is 42.3 Å². The van der Waals surface area contributed by atoms with E-state index in [9.17, 15) is 13.5 Å². The Morgan fingerprint density at radius 2 is 1.86 bits per heavy atom. The number of hydrogen-bond donors (Lipinski definition) is 3. The van der Waals surface area contributed by atoms with E-state index in [-0.39, 0.29) is 18.3 Å². The van der Waals surface area contributed by atoms with Crippen LogP contribution in [0.3, 0.4) is 0 Å². The molecule has 4 rings (SSSR count). The molecule has 2 aliphatic heterocycles. The first-order valence-electron chi connectivity index (χ1n) is 12.3. The molecule has 0 aliphatic carbocycles. The number of halogens is 2. The number of pyridine rings is 1. The summed E-state index contributed by atoms with van der Waals surface area (Å²) < 4.78 is 24.8. The predicted octanol–water partition coefficient (Wildman–Crippen LogP) is 3.10. The molecule has 36 heavy (non-hydrogen) atoms. The van der Waals surface area contributed by atoms with Gasteiger partial charge in [-0.15, -0.1) is 0 Å². The maximum absolute atomic E-state index is 11.3. The van der Waals surface area contributed by atoms with Gasteiger partial charge in [0.25, 0.3) is 10.2 Å². The Labute approximate surface area is 223 Å². The fraction of sp³-hybridized carbons (Fsp3) is 0.542. The molecule has 2 aromatic rings. The van der Waals surface area contributed by atoms with Crippen molar-refractivity contribution in [1.29, 1.82) is 0 Å². The Bertz CT molecular complexity index is 1130. The Balaban J connectivity index is 1.37. The van der Waals surface area contributed by atoms with Crippen molar-refractivity contribution in [1.82, 2.24) is 14.8 Å².